The van der Waals surface area contributed by atoms with Crippen LogP contribution in [0.2, 0.25) is 105 Å². The van der Waals surface area contributed by atoms with Gasteiger partial charge in [-0.2, -0.15) is 0 Å². The van der Waals surface area contributed by atoms with E-state index in [9.17, 15) is 0 Å². The zero-order chi connectivity index (χ0) is 19.5. The van der Waals surface area contributed by atoms with Crippen molar-refractivity contribution in [1.29, 1.82) is 0 Å². The molecule has 0 aromatic carbocycles. The van der Waals surface area contributed by atoms with Gasteiger partial charge >= 0.3 is 0 Å². The molecule has 0 bridgehead atoms. The molecule has 0 saturated heterocycles. The van der Waals surface area contributed by atoms with Crippen molar-refractivity contribution in [3.63, 3.8) is 0 Å². The Hall–Kier alpha value is 5.66. The molecule has 0 rings (SSSR count). The van der Waals surface area contributed by atoms with Gasteiger partial charge in [-0.3, -0.25) is 0 Å². The van der Waals surface area contributed by atoms with E-state index in [-0.39, 0.29) is 190 Å². The summed E-state index contributed by atoms with van der Waals surface area (Å²) in [4.78, 5) is 0. The molecule has 0 aromatic rings. The van der Waals surface area contributed by atoms with E-state index in [1.165, 1.54) is 0 Å². The Morgan fingerprint density at radius 1 is 0.269 bits per heavy atom. The standard InChI is InChI=1S/C4H12Si2.4C3H9Si.2Ge.2K/c1-5(2)6(3)4;4*1-4(2)3;;;;/h1-4H3;4*1-3H3;;;;. The zero-order valence-electron chi connectivity index (χ0n) is 22.0. The second-order valence-electron chi connectivity index (χ2n) is 8.00. The summed E-state index contributed by atoms with van der Waals surface area (Å²) in [6.07, 6.45) is 0. The normalized spacial score (nSPS) is 8.08. The molecule has 146 valence electrons. The third-order valence-electron chi connectivity index (χ3n) is 1.00. The molecule has 0 fully saturated rings. The minimum Gasteiger partial charge on any atom is -0.0735 e. The molecule has 0 spiro atoms. The Morgan fingerprint density at radius 2 is 0.308 bits per heavy atom. The second-order valence-corrected chi connectivity index (χ2v) is 30.0. The van der Waals surface area contributed by atoms with Crippen LogP contribution in [0, 0.1) is 0 Å². The van der Waals surface area contributed by atoms with Crippen LogP contribution in [0.1, 0.15) is 0 Å². The SMILES string of the molecule is C[Si](C)C.C[Si](C)C.C[Si](C)C.C[Si](C)C.C[Si](C)[Si](C)C.[Ge].[Ge].[K].[K]. The molecule has 0 heterocycles. The third-order valence-corrected chi connectivity index (χ3v) is 9.00. The first-order valence-electron chi connectivity index (χ1n) is 8.25. The average molecular weight is 632 g/mol. The van der Waals surface area contributed by atoms with Gasteiger partial charge in [-0.05, 0) is 0 Å². The van der Waals surface area contributed by atoms with Gasteiger partial charge in [0.05, 0.1) is 0 Å². The predicted molar refractivity (Wildman–Crippen MR) is 151 cm³/mol. The molecule has 0 aliphatic rings. The molecule has 10 heteroatoms. The first-order valence-corrected chi connectivity index (χ1v) is 26.2. The average Bonchev–Trinajstić information content (AvgIpc) is 2.12. The maximum atomic E-state index is 2.39. The molecule has 0 amide bonds. The molecule has 0 unspecified atom stereocenters. The van der Waals surface area contributed by atoms with Gasteiger partial charge in [0.1, 0.15) is 0 Å². The van der Waals surface area contributed by atoms with Crippen LogP contribution in [-0.2, 0) is 0 Å². The summed E-state index contributed by atoms with van der Waals surface area (Å²) in [5, 5.41) is 0. The largest absolute Gasteiger partial charge is 0.0735 e. The zero-order valence-corrected chi connectivity index (χ0v) is 38.4. The van der Waals surface area contributed by atoms with Gasteiger partial charge in [0, 0.05) is 190 Å². The number of hydrogen-bond acceptors (Lipinski definition) is 0. The fourth-order valence-electron chi connectivity index (χ4n) is 0. The minimum atomic E-state index is 0. The fourth-order valence-corrected chi connectivity index (χ4v) is 0. The van der Waals surface area contributed by atoms with Crippen molar-refractivity contribution in [2.45, 2.75) is 105 Å². The molecular formula is C16H48Ge2K2Si6. The molecular weight excluding hydrogens is 584 g/mol. The van der Waals surface area contributed by atoms with Gasteiger partial charge < -0.3 is 0 Å². The van der Waals surface area contributed by atoms with E-state index >= 15 is 0 Å². The fraction of sp³-hybridized carbons (Fsp3) is 1.00. The van der Waals surface area contributed by atoms with Crippen molar-refractivity contribution in [3.05, 3.63) is 0 Å². The minimum absolute atomic E-state index is 0. The van der Waals surface area contributed by atoms with Crippen LogP contribution in [0.5, 0.6) is 0 Å². The predicted octanol–water partition coefficient (Wildman–Crippen LogP) is 5.53. The molecule has 0 N–H and O–H groups in total. The molecule has 0 aromatic heterocycles. The van der Waals surface area contributed by atoms with Gasteiger partial charge in [0.2, 0.25) is 0 Å². The first-order chi connectivity index (χ1) is 9.57. The van der Waals surface area contributed by atoms with Crippen LogP contribution >= 0.6 is 0 Å². The summed E-state index contributed by atoms with van der Waals surface area (Å²) in [5.41, 5.74) is 0. The van der Waals surface area contributed by atoms with Crippen LogP contribution in [-0.4, -0.2) is 190 Å². The summed E-state index contributed by atoms with van der Waals surface area (Å²) in [7, 11) is 0.782. The quantitative estimate of drug-likeness (QED) is 0.334. The van der Waals surface area contributed by atoms with Gasteiger partial charge in [-0.15, -0.1) is 0 Å². The van der Waals surface area contributed by atoms with E-state index in [4.69, 9.17) is 0 Å². The molecule has 0 nitrogen and oxygen atoms in total. The Labute approximate surface area is 288 Å². The maximum Gasteiger partial charge on any atom is 0.0379 e. The molecule has 0 saturated carbocycles. The Balaban J connectivity index is -0.0000000193. The van der Waals surface area contributed by atoms with E-state index in [0.29, 0.717) is 0 Å². The second kappa shape index (κ2) is 48.2. The van der Waals surface area contributed by atoms with Gasteiger partial charge in [0.15, 0.2) is 0 Å². The van der Waals surface area contributed by atoms with Crippen molar-refractivity contribution in [1.82, 2.24) is 0 Å². The Kier molecular flexibility index (Phi) is 107. The molecule has 0 aliphatic heterocycles. The Bertz CT molecular complexity index is 136. The van der Waals surface area contributed by atoms with Gasteiger partial charge in [0.25, 0.3) is 0 Å². The molecule has 0 atom stereocenters. The summed E-state index contributed by atoms with van der Waals surface area (Å²) in [6.45, 7) is 36.8. The monoisotopic (exact) mass is 634 g/mol. The molecule has 26 heavy (non-hydrogen) atoms. The van der Waals surface area contributed by atoms with Crippen molar-refractivity contribution < 1.29 is 0 Å². The van der Waals surface area contributed by atoms with Crippen molar-refractivity contribution >= 4 is 190 Å². The van der Waals surface area contributed by atoms with Crippen molar-refractivity contribution in [2.24, 2.45) is 0 Å². The third kappa shape index (κ3) is 261. The van der Waals surface area contributed by atoms with Crippen LogP contribution in [0.25, 0.3) is 0 Å². The van der Waals surface area contributed by atoms with Crippen molar-refractivity contribution in [3.8, 4) is 0 Å². The molecule has 16 radical (unpaired) electrons. The van der Waals surface area contributed by atoms with E-state index in [2.05, 4.69) is 105 Å². The van der Waals surface area contributed by atoms with Crippen LogP contribution in [0.4, 0.5) is 0 Å². The van der Waals surface area contributed by atoms with Gasteiger partial charge in [-0.1, -0.05) is 105 Å². The van der Waals surface area contributed by atoms with Crippen LogP contribution in [0.15, 0.2) is 0 Å². The number of hydrogen-bond donors (Lipinski definition) is 0. The maximum absolute atomic E-state index is 2.39. The summed E-state index contributed by atoms with van der Waals surface area (Å²) >= 11 is 0. The molecule has 0 aliphatic carbocycles. The smallest absolute Gasteiger partial charge is 0.0379 e. The van der Waals surface area contributed by atoms with Crippen molar-refractivity contribution in [2.75, 3.05) is 0 Å². The van der Waals surface area contributed by atoms with E-state index in [1.54, 1.807) is 0 Å². The first kappa shape index (κ1) is 58.0. The van der Waals surface area contributed by atoms with Crippen LogP contribution in [0.3, 0.4) is 0 Å². The van der Waals surface area contributed by atoms with E-state index in [1.807, 2.05) is 0 Å². The summed E-state index contributed by atoms with van der Waals surface area (Å²) in [6, 6.07) is 0. The topological polar surface area (TPSA) is 0 Å². The number of rotatable bonds is 1. The summed E-state index contributed by atoms with van der Waals surface area (Å²) in [5.74, 6) is 0. The Morgan fingerprint density at radius 3 is 0.308 bits per heavy atom. The van der Waals surface area contributed by atoms with Gasteiger partial charge in [-0.25, -0.2) is 0 Å². The van der Waals surface area contributed by atoms with E-state index in [0.717, 1.165) is 0 Å². The summed E-state index contributed by atoms with van der Waals surface area (Å²) < 4.78 is 0. The van der Waals surface area contributed by atoms with Crippen LogP contribution < -0.4 is 0 Å². The van der Waals surface area contributed by atoms with E-state index < -0.39 is 0 Å².